The maximum absolute atomic E-state index is 11.7. The highest BCUT2D eigenvalue weighted by molar-refractivity contribution is 7.13. The minimum absolute atomic E-state index is 0.144. The topological polar surface area (TPSA) is 109 Å². The van der Waals surface area contributed by atoms with E-state index >= 15 is 0 Å². The number of benzene rings is 1. The van der Waals surface area contributed by atoms with Crippen LogP contribution >= 0.6 is 11.3 Å². The molecule has 0 spiro atoms. The molecule has 7 nitrogen and oxygen atoms in total. The van der Waals surface area contributed by atoms with Gasteiger partial charge in [0.15, 0.2) is 11.0 Å². The minimum atomic E-state index is -0.257. The zero-order valence-electron chi connectivity index (χ0n) is 10.9. The summed E-state index contributed by atoms with van der Waals surface area (Å²) in [7, 11) is 0. The minimum Gasteiger partial charge on any atom is -0.375 e. The van der Waals surface area contributed by atoms with Gasteiger partial charge in [-0.1, -0.05) is 12.1 Å². The number of anilines is 1. The van der Waals surface area contributed by atoms with E-state index in [2.05, 4.69) is 25.5 Å². The number of thiazole rings is 1. The fourth-order valence-corrected chi connectivity index (χ4v) is 2.37. The number of fused-ring (bicyclic) bond motifs is 1. The van der Waals surface area contributed by atoms with E-state index in [0.29, 0.717) is 16.6 Å². The van der Waals surface area contributed by atoms with Crippen molar-refractivity contribution in [2.24, 2.45) is 5.10 Å². The van der Waals surface area contributed by atoms with Crippen molar-refractivity contribution in [2.45, 2.75) is 6.42 Å². The summed E-state index contributed by atoms with van der Waals surface area (Å²) < 4.78 is 0. The molecule has 2 heterocycles. The van der Waals surface area contributed by atoms with E-state index in [1.807, 2.05) is 24.3 Å². The summed E-state index contributed by atoms with van der Waals surface area (Å²) in [6.45, 7) is 0. The summed E-state index contributed by atoms with van der Waals surface area (Å²) >= 11 is 1.30. The van der Waals surface area contributed by atoms with Gasteiger partial charge in [0.05, 0.1) is 29.4 Å². The Morgan fingerprint density at radius 2 is 2.29 bits per heavy atom. The fourth-order valence-electron chi connectivity index (χ4n) is 1.81. The Kier molecular flexibility index (Phi) is 3.61. The summed E-state index contributed by atoms with van der Waals surface area (Å²) in [4.78, 5) is 23.1. The van der Waals surface area contributed by atoms with E-state index in [1.54, 1.807) is 5.38 Å². The predicted octanol–water partition coefficient (Wildman–Crippen LogP) is 1.29. The zero-order valence-corrected chi connectivity index (χ0v) is 11.7. The molecular formula is C13H12N6OS. The highest BCUT2D eigenvalue weighted by Crippen LogP contribution is 2.11. The van der Waals surface area contributed by atoms with Crippen LogP contribution < -0.4 is 11.2 Å². The highest BCUT2D eigenvalue weighted by atomic mass is 32.1. The number of aromatic amines is 1. The Bertz CT molecular complexity index is 773. The van der Waals surface area contributed by atoms with Crippen molar-refractivity contribution >= 4 is 39.6 Å². The molecule has 1 amide bonds. The van der Waals surface area contributed by atoms with Crippen LogP contribution in [0.1, 0.15) is 11.5 Å². The molecule has 2 aromatic heterocycles. The molecule has 0 saturated carbocycles. The Hall–Kier alpha value is -2.74. The quantitative estimate of drug-likeness (QED) is 0.498. The van der Waals surface area contributed by atoms with Crippen molar-refractivity contribution in [2.75, 3.05) is 5.73 Å². The lowest BCUT2D eigenvalue weighted by atomic mass is 10.3. The lowest BCUT2D eigenvalue weighted by Gasteiger charge is -1.95. The van der Waals surface area contributed by atoms with Gasteiger partial charge < -0.3 is 10.7 Å². The average Bonchev–Trinajstić information content (AvgIpc) is 3.04. The number of carbonyl (C=O) groups excluding carboxylic acids is 1. The van der Waals surface area contributed by atoms with Crippen molar-refractivity contribution in [1.29, 1.82) is 0 Å². The van der Waals surface area contributed by atoms with Crippen molar-refractivity contribution in [3.05, 3.63) is 41.2 Å². The van der Waals surface area contributed by atoms with Gasteiger partial charge in [0.2, 0.25) is 5.91 Å². The van der Waals surface area contributed by atoms with Gasteiger partial charge in [0.1, 0.15) is 0 Å². The second-order valence-electron chi connectivity index (χ2n) is 4.29. The summed E-state index contributed by atoms with van der Waals surface area (Å²) in [6, 6.07) is 7.65. The van der Waals surface area contributed by atoms with Crippen molar-refractivity contribution in [1.82, 2.24) is 20.4 Å². The van der Waals surface area contributed by atoms with Crippen LogP contribution in [0.2, 0.25) is 0 Å². The van der Waals surface area contributed by atoms with E-state index in [0.717, 1.165) is 11.0 Å². The van der Waals surface area contributed by atoms with Crippen molar-refractivity contribution < 1.29 is 4.79 Å². The molecule has 8 heteroatoms. The van der Waals surface area contributed by atoms with Gasteiger partial charge >= 0.3 is 0 Å². The first kappa shape index (κ1) is 13.3. The number of carbonyl (C=O) groups is 1. The van der Waals surface area contributed by atoms with Crippen molar-refractivity contribution in [3.63, 3.8) is 0 Å². The molecule has 0 saturated heterocycles. The lowest BCUT2D eigenvalue weighted by Crippen LogP contribution is -2.20. The summed E-state index contributed by atoms with van der Waals surface area (Å²) in [5.41, 5.74) is 10.3. The SMILES string of the molecule is Nc1nc(CC(=O)NN=Cc2nc3ccccc3[nH]2)cs1. The number of nitrogens with one attached hydrogen (secondary N) is 2. The van der Waals surface area contributed by atoms with E-state index in [9.17, 15) is 4.79 Å². The lowest BCUT2D eigenvalue weighted by molar-refractivity contribution is -0.120. The van der Waals surface area contributed by atoms with Gasteiger partial charge in [-0.25, -0.2) is 15.4 Å². The Labute approximate surface area is 123 Å². The Balaban J connectivity index is 1.60. The van der Waals surface area contributed by atoms with E-state index < -0.39 is 0 Å². The third-order valence-electron chi connectivity index (χ3n) is 2.69. The van der Waals surface area contributed by atoms with Gasteiger partial charge in [-0.2, -0.15) is 5.10 Å². The number of nitrogens with two attached hydrogens (primary N) is 1. The molecule has 0 bridgehead atoms. The molecule has 0 aliphatic rings. The van der Waals surface area contributed by atoms with Gasteiger partial charge in [0, 0.05) is 5.38 Å². The molecule has 0 aliphatic heterocycles. The van der Waals surface area contributed by atoms with Crippen LogP contribution in [-0.2, 0) is 11.2 Å². The first-order valence-corrected chi connectivity index (χ1v) is 7.05. The number of nitrogen functional groups attached to an aromatic ring is 1. The number of nitrogens with zero attached hydrogens (tertiary/aromatic N) is 3. The molecule has 0 unspecified atom stereocenters. The molecule has 106 valence electrons. The van der Waals surface area contributed by atoms with E-state index in [-0.39, 0.29) is 12.3 Å². The third kappa shape index (κ3) is 3.23. The monoisotopic (exact) mass is 300 g/mol. The van der Waals surface area contributed by atoms with Crippen LogP contribution in [0.15, 0.2) is 34.7 Å². The summed E-state index contributed by atoms with van der Waals surface area (Å²) in [5.74, 6) is 0.321. The second-order valence-corrected chi connectivity index (χ2v) is 5.18. The van der Waals surface area contributed by atoms with Crippen LogP contribution in [0.3, 0.4) is 0 Å². The van der Waals surface area contributed by atoms with E-state index in [4.69, 9.17) is 5.73 Å². The normalized spacial score (nSPS) is 11.2. The van der Waals surface area contributed by atoms with Gasteiger partial charge in [-0.3, -0.25) is 4.79 Å². The molecule has 3 aromatic rings. The predicted molar refractivity (Wildman–Crippen MR) is 82.1 cm³/mol. The van der Waals surface area contributed by atoms with Crippen LogP contribution in [0.25, 0.3) is 11.0 Å². The van der Waals surface area contributed by atoms with E-state index in [1.165, 1.54) is 17.6 Å². The van der Waals surface area contributed by atoms with Crippen LogP contribution in [0, 0.1) is 0 Å². The van der Waals surface area contributed by atoms with Crippen LogP contribution in [-0.4, -0.2) is 27.1 Å². The zero-order chi connectivity index (χ0) is 14.7. The van der Waals surface area contributed by atoms with Gasteiger partial charge in [-0.15, -0.1) is 11.3 Å². The molecule has 0 atom stereocenters. The number of para-hydroxylation sites is 2. The third-order valence-corrected chi connectivity index (χ3v) is 3.42. The number of hydrazone groups is 1. The number of rotatable bonds is 4. The fraction of sp³-hybridized carbons (Fsp3) is 0.0769. The largest absolute Gasteiger partial charge is 0.375 e. The molecule has 0 radical (unpaired) electrons. The number of hydrogen-bond acceptors (Lipinski definition) is 6. The second kappa shape index (κ2) is 5.71. The van der Waals surface area contributed by atoms with Crippen LogP contribution in [0.4, 0.5) is 5.13 Å². The smallest absolute Gasteiger partial charge is 0.246 e. The molecule has 4 N–H and O–H groups in total. The summed E-state index contributed by atoms with van der Waals surface area (Å²) in [6.07, 6.45) is 1.61. The first-order valence-electron chi connectivity index (χ1n) is 6.17. The van der Waals surface area contributed by atoms with Crippen molar-refractivity contribution in [3.8, 4) is 0 Å². The average molecular weight is 300 g/mol. The number of hydrogen-bond donors (Lipinski definition) is 3. The Morgan fingerprint density at radius 3 is 3.05 bits per heavy atom. The molecule has 0 aliphatic carbocycles. The molecule has 3 rings (SSSR count). The molecular weight excluding hydrogens is 288 g/mol. The first-order chi connectivity index (χ1) is 10.2. The molecule has 21 heavy (non-hydrogen) atoms. The van der Waals surface area contributed by atoms with Crippen LogP contribution in [0.5, 0.6) is 0 Å². The molecule has 1 aromatic carbocycles. The summed E-state index contributed by atoms with van der Waals surface area (Å²) in [5, 5.41) is 6.06. The Morgan fingerprint density at radius 1 is 1.43 bits per heavy atom. The van der Waals surface area contributed by atoms with Gasteiger partial charge in [0.25, 0.3) is 0 Å². The number of amides is 1. The number of aromatic nitrogens is 3. The number of imidazole rings is 1. The number of H-pyrrole nitrogens is 1. The maximum atomic E-state index is 11.7. The van der Waals surface area contributed by atoms with Gasteiger partial charge in [-0.05, 0) is 12.1 Å². The maximum Gasteiger partial charge on any atom is 0.246 e. The highest BCUT2D eigenvalue weighted by Gasteiger charge is 2.05. The molecule has 0 fully saturated rings. The standard InChI is InChI=1S/C13H12N6OS/c14-13-16-8(7-21-13)5-12(20)19-15-6-11-17-9-3-1-2-4-10(9)18-11/h1-4,6-7H,5H2,(H2,14,16)(H,17,18)(H,19,20).